The summed E-state index contributed by atoms with van der Waals surface area (Å²) in [7, 11) is 0. The molecule has 0 aliphatic heterocycles. The molecule has 1 saturated carbocycles. The molecule has 1 rings (SSSR count). The van der Waals surface area contributed by atoms with E-state index in [9.17, 15) is 43.9 Å². The Bertz CT molecular complexity index is 547. The van der Waals surface area contributed by atoms with E-state index in [0.717, 1.165) is 13.0 Å². The van der Waals surface area contributed by atoms with Gasteiger partial charge in [-0.1, -0.05) is 12.7 Å². The summed E-state index contributed by atoms with van der Waals surface area (Å²) >= 11 is 0. The Balaban J connectivity index is 3.70. The van der Waals surface area contributed by atoms with Crippen molar-refractivity contribution in [2.45, 2.75) is 42.0 Å². The van der Waals surface area contributed by atoms with Crippen molar-refractivity contribution in [2.75, 3.05) is 13.2 Å². The predicted molar refractivity (Wildman–Crippen MR) is 64.4 cm³/mol. The maximum absolute atomic E-state index is 14.4. The molecule has 25 heavy (non-hydrogen) atoms. The monoisotopic (exact) mass is 390 g/mol. The predicted octanol–water partition coefficient (Wildman–Crippen LogP) is 4.67. The van der Waals surface area contributed by atoms with Gasteiger partial charge in [0.25, 0.3) is 11.3 Å². The van der Waals surface area contributed by atoms with Gasteiger partial charge in [-0.05, 0) is 6.92 Å². The van der Waals surface area contributed by atoms with Gasteiger partial charge in [0.05, 0.1) is 12.5 Å². The highest BCUT2D eigenvalue weighted by Crippen LogP contribution is 2.68. The number of rotatable bonds is 6. The molecule has 2 atom stereocenters. The van der Waals surface area contributed by atoms with Gasteiger partial charge in [0.2, 0.25) is 0 Å². The minimum atomic E-state index is -6.82. The van der Waals surface area contributed by atoms with Crippen molar-refractivity contribution < 1.29 is 53.4 Å². The third kappa shape index (κ3) is 2.31. The van der Waals surface area contributed by atoms with Crippen LogP contribution in [0.25, 0.3) is 0 Å². The fraction of sp³-hybridized carbons (Fsp3) is 0.692. The first-order chi connectivity index (χ1) is 11.1. The lowest BCUT2D eigenvalue weighted by molar-refractivity contribution is -0.466. The molecular weight excluding hydrogens is 378 g/mol. The highest BCUT2D eigenvalue weighted by atomic mass is 19.4. The molecule has 1 aliphatic rings. The molecule has 2 nitrogen and oxygen atoms in total. The Kier molecular flexibility index (Phi) is 5.12. The van der Waals surface area contributed by atoms with E-state index in [2.05, 4.69) is 16.1 Å². The van der Waals surface area contributed by atoms with Crippen LogP contribution in [-0.4, -0.2) is 48.2 Å². The van der Waals surface area contributed by atoms with E-state index in [1.54, 1.807) is 0 Å². The van der Waals surface area contributed by atoms with Crippen LogP contribution in [0.2, 0.25) is 0 Å². The first-order valence-electron chi connectivity index (χ1n) is 6.46. The van der Waals surface area contributed by atoms with Crippen LogP contribution in [0.4, 0.5) is 43.9 Å². The third-order valence-electron chi connectivity index (χ3n) is 3.69. The molecule has 12 heteroatoms. The lowest BCUT2D eigenvalue weighted by atomic mass is 9.67. The van der Waals surface area contributed by atoms with Crippen molar-refractivity contribution in [1.29, 1.82) is 0 Å². The maximum Gasteiger partial charge on any atom is 0.379 e. The van der Waals surface area contributed by atoms with Crippen LogP contribution in [-0.2, 0) is 9.47 Å². The zero-order valence-corrected chi connectivity index (χ0v) is 12.4. The van der Waals surface area contributed by atoms with Crippen molar-refractivity contribution >= 4 is 0 Å². The van der Waals surface area contributed by atoms with Crippen LogP contribution in [0, 0.1) is 0 Å². The largest absolute Gasteiger partial charge is 0.498 e. The van der Waals surface area contributed by atoms with Gasteiger partial charge in [-0.3, -0.25) is 0 Å². The summed E-state index contributed by atoms with van der Waals surface area (Å²) in [6.45, 7) is -1.24. The minimum absolute atomic E-state index is 0.120. The van der Waals surface area contributed by atoms with Crippen LogP contribution < -0.4 is 0 Å². The van der Waals surface area contributed by atoms with Crippen molar-refractivity contribution in [3.63, 3.8) is 0 Å². The Morgan fingerprint density at radius 1 is 0.680 bits per heavy atom. The average molecular weight is 390 g/mol. The highest BCUT2D eigenvalue weighted by molar-refractivity contribution is 5.29. The minimum Gasteiger partial charge on any atom is -0.498 e. The summed E-state index contributed by atoms with van der Waals surface area (Å²) in [5.74, 6) is -26.5. The fourth-order valence-electron chi connectivity index (χ4n) is 2.20. The summed E-state index contributed by atoms with van der Waals surface area (Å²) in [6.07, 6.45) is 1.35. The topological polar surface area (TPSA) is 18.5 Å². The van der Waals surface area contributed by atoms with Gasteiger partial charge in [-0.15, -0.1) is 0 Å². The van der Waals surface area contributed by atoms with Gasteiger partial charge in [-0.25, -0.2) is 8.78 Å². The summed E-state index contributed by atoms with van der Waals surface area (Å²) in [5.41, 5.74) is -11.6. The fourth-order valence-corrected chi connectivity index (χ4v) is 2.20. The Morgan fingerprint density at radius 2 is 1.08 bits per heavy atom. The van der Waals surface area contributed by atoms with E-state index in [1.165, 1.54) is 0 Å². The maximum atomic E-state index is 14.4. The van der Waals surface area contributed by atoms with Gasteiger partial charge >= 0.3 is 23.7 Å². The first kappa shape index (κ1) is 21.4. The molecular formula is C13H12F10O2. The third-order valence-corrected chi connectivity index (χ3v) is 3.69. The molecule has 0 aromatic rings. The molecule has 1 aliphatic carbocycles. The zero-order valence-electron chi connectivity index (χ0n) is 12.4. The molecule has 0 heterocycles. The molecule has 0 aromatic carbocycles. The normalized spacial score (nSPS) is 35.3. The van der Waals surface area contributed by atoms with Gasteiger partial charge in [0, 0.05) is 0 Å². The number of halogens is 10. The SMILES string of the molecule is C=COCC1(F)C(F)(F)C(F)(F)C(F)(F)C(F)(COC=CC)C1(F)F. The molecule has 0 aromatic heterocycles. The van der Waals surface area contributed by atoms with E-state index < -0.39 is 48.2 Å². The summed E-state index contributed by atoms with van der Waals surface area (Å²) < 4.78 is 147. The van der Waals surface area contributed by atoms with E-state index >= 15 is 0 Å². The zero-order chi connectivity index (χ0) is 19.9. The van der Waals surface area contributed by atoms with Crippen LogP contribution >= 0.6 is 0 Å². The van der Waals surface area contributed by atoms with Crippen molar-refractivity contribution in [3.05, 3.63) is 25.2 Å². The standard InChI is InChI=1S/C13H12F10O2/c1-3-5-25-7-9(15)10(16,17)8(14,6-24-4-2)11(18,19)13(22,23)12(9,20)21/h3-5H,2,6-7H2,1H3. The van der Waals surface area contributed by atoms with E-state index in [4.69, 9.17) is 0 Å². The van der Waals surface area contributed by atoms with E-state index in [1.807, 2.05) is 0 Å². The van der Waals surface area contributed by atoms with E-state index in [0.29, 0.717) is 6.26 Å². The molecule has 0 radical (unpaired) electrons. The number of allylic oxidation sites excluding steroid dienone is 1. The van der Waals surface area contributed by atoms with Crippen molar-refractivity contribution in [1.82, 2.24) is 0 Å². The lowest BCUT2D eigenvalue weighted by Gasteiger charge is -2.54. The lowest BCUT2D eigenvalue weighted by Crippen LogP contribution is -2.86. The molecule has 0 N–H and O–H groups in total. The van der Waals surface area contributed by atoms with E-state index in [-0.39, 0.29) is 6.26 Å². The number of hydrogen-bond acceptors (Lipinski definition) is 2. The Morgan fingerprint density at radius 3 is 1.44 bits per heavy atom. The summed E-state index contributed by atoms with van der Waals surface area (Å²) in [5, 5.41) is 0. The second kappa shape index (κ2) is 5.97. The highest BCUT2D eigenvalue weighted by Gasteiger charge is 3.00. The van der Waals surface area contributed by atoms with Crippen LogP contribution in [0.1, 0.15) is 6.92 Å². The smallest absolute Gasteiger partial charge is 0.379 e. The Labute approximate surface area is 135 Å². The molecule has 0 spiro atoms. The number of ether oxygens (including phenoxy) is 2. The molecule has 146 valence electrons. The second-order valence-corrected chi connectivity index (χ2v) is 5.16. The molecule has 0 bridgehead atoms. The van der Waals surface area contributed by atoms with Crippen LogP contribution in [0.5, 0.6) is 0 Å². The van der Waals surface area contributed by atoms with Crippen molar-refractivity contribution in [2.24, 2.45) is 0 Å². The average Bonchev–Trinajstić information content (AvgIpc) is 2.50. The number of alkyl halides is 10. The first-order valence-corrected chi connectivity index (χ1v) is 6.46. The van der Waals surface area contributed by atoms with Crippen LogP contribution in [0.3, 0.4) is 0 Å². The van der Waals surface area contributed by atoms with Gasteiger partial charge in [0.15, 0.2) is 0 Å². The van der Waals surface area contributed by atoms with Crippen molar-refractivity contribution in [3.8, 4) is 0 Å². The van der Waals surface area contributed by atoms with Crippen LogP contribution in [0.15, 0.2) is 25.2 Å². The van der Waals surface area contributed by atoms with Gasteiger partial charge in [0.1, 0.15) is 13.2 Å². The summed E-state index contributed by atoms with van der Waals surface area (Å²) in [4.78, 5) is 0. The molecule has 0 saturated heterocycles. The second-order valence-electron chi connectivity index (χ2n) is 5.16. The molecule has 2 unspecified atom stereocenters. The van der Waals surface area contributed by atoms with Gasteiger partial charge < -0.3 is 9.47 Å². The Hall–Kier alpha value is -1.62. The summed E-state index contributed by atoms with van der Waals surface area (Å²) in [6, 6.07) is 0. The van der Waals surface area contributed by atoms with Gasteiger partial charge in [-0.2, -0.15) is 35.1 Å². The molecule has 0 amide bonds. The molecule has 1 fully saturated rings. The number of hydrogen-bond donors (Lipinski definition) is 0. The quantitative estimate of drug-likeness (QED) is 0.485.